The molecular formula is C13H20N2O2S. The number of hydrogen-bond acceptors (Lipinski definition) is 4. The lowest BCUT2D eigenvalue weighted by Crippen LogP contribution is -2.05. The van der Waals surface area contributed by atoms with Gasteiger partial charge in [-0.15, -0.1) is 0 Å². The van der Waals surface area contributed by atoms with Gasteiger partial charge >= 0.3 is 5.97 Å². The Balaban J connectivity index is 2.19. The Bertz CT molecular complexity index is 372. The van der Waals surface area contributed by atoms with Crippen LogP contribution >= 0.6 is 11.8 Å². The van der Waals surface area contributed by atoms with Gasteiger partial charge < -0.3 is 10.4 Å². The van der Waals surface area contributed by atoms with E-state index in [0.29, 0.717) is 5.82 Å². The number of rotatable bonds is 9. The monoisotopic (exact) mass is 268 g/mol. The van der Waals surface area contributed by atoms with Gasteiger partial charge in [0, 0.05) is 12.7 Å². The molecule has 0 atom stereocenters. The average molecular weight is 268 g/mol. The normalized spacial score (nSPS) is 10.3. The number of nitrogens with zero attached hydrogens (tertiary/aromatic N) is 1. The van der Waals surface area contributed by atoms with Crippen LogP contribution in [0.1, 0.15) is 36.0 Å². The fourth-order valence-electron chi connectivity index (χ4n) is 1.60. The minimum atomic E-state index is -0.919. The maximum absolute atomic E-state index is 10.8. The van der Waals surface area contributed by atoms with Crippen molar-refractivity contribution in [2.24, 2.45) is 0 Å². The Kier molecular flexibility index (Phi) is 7.25. The zero-order chi connectivity index (χ0) is 13.2. The van der Waals surface area contributed by atoms with E-state index in [9.17, 15) is 4.79 Å². The van der Waals surface area contributed by atoms with Crippen LogP contribution in [-0.4, -0.2) is 34.6 Å². The number of carbonyl (C=O) groups is 1. The number of aromatic nitrogens is 1. The van der Waals surface area contributed by atoms with Gasteiger partial charge in [0.05, 0.1) is 5.56 Å². The quantitative estimate of drug-likeness (QED) is 0.674. The molecule has 0 radical (unpaired) electrons. The van der Waals surface area contributed by atoms with Crippen molar-refractivity contribution in [3.8, 4) is 0 Å². The van der Waals surface area contributed by atoms with Crippen LogP contribution in [0.4, 0.5) is 5.82 Å². The summed E-state index contributed by atoms with van der Waals surface area (Å²) in [5.41, 5.74) is 0.271. The molecule has 0 aromatic carbocycles. The van der Waals surface area contributed by atoms with Crippen molar-refractivity contribution >= 4 is 23.5 Å². The van der Waals surface area contributed by atoms with Crippen molar-refractivity contribution in [2.45, 2.75) is 25.7 Å². The molecule has 0 amide bonds. The first-order valence-corrected chi connectivity index (χ1v) is 7.55. The lowest BCUT2D eigenvalue weighted by Gasteiger charge is -2.05. The number of pyridine rings is 1. The highest BCUT2D eigenvalue weighted by Crippen LogP contribution is 2.08. The van der Waals surface area contributed by atoms with Gasteiger partial charge in [-0.2, -0.15) is 11.8 Å². The Morgan fingerprint density at radius 2 is 2.17 bits per heavy atom. The van der Waals surface area contributed by atoms with Gasteiger partial charge in [0.2, 0.25) is 0 Å². The summed E-state index contributed by atoms with van der Waals surface area (Å²) in [6.07, 6.45) is 8.46. The molecule has 0 saturated carbocycles. The molecule has 100 valence electrons. The Morgan fingerprint density at radius 1 is 1.39 bits per heavy atom. The van der Waals surface area contributed by atoms with Crippen LogP contribution in [0.5, 0.6) is 0 Å². The summed E-state index contributed by atoms with van der Waals surface area (Å²) in [5, 5.41) is 12.0. The van der Waals surface area contributed by atoms with Gasteiger partial charge in [0.15, 0.2) is 0 Å². The zero-order valence-corrected chi connectivity index (χ0v) is 11.5. The minimum absolute atomic E-state index is 0.271. The summed E-state index contributed by atoms with van der Waals surface area (Å²) in [6.45, 7) is 0.843. The third-order valence-electron chi connectivity index (χ3n) is 2.59. The Morgan fingerprint density at radius 3 is 2.89 bits per heavy atom. The molecule has 0 aliphatic heterocycles. The van der Waals surface area contributed by atoms with E-state index < -0.39 is 5.97 Å². The Hall–Kier alpha value is -1.23. The van der Waals surface area contributed by atoms with E-state index >= 15 is 0 Å². The maximum atomic E-state index is 10.8. The predicted molar refractivity (Wildman–Crippen MR) is 76.5 cm³/mol. The second-order valence-electron chi connectivity index (χ2n) is 4.07. The van der Waals surface area contributed by atoms with Gasteiger partial charge in [-0.25, -0.2) is 9.78 Å². The molecule has 0 saturated heterocycles. The molecule has 18 heavy (non-hydrogen) atoms. The highest BCUT2D eigenvalue weighted by atomic mass is 32.2. The van der Waals surface area contributed by atoms with Gasteiger partial charge in [-0.1, -0.05) is 12.8 Å². The van der Waals surface area contributed by atoms with Gasteiger partial charge in [0.25, 0.3) is 0 Å². The smallest absolute Gasteiger partial charge is 0.335 e. The van der Waals surface area contributed by atoms with E-state index in [1.807, 2.05) is 11.8 Å². The number of hydrogen-bond donors (Lipinski definition) is 2. The van der Waals surface area contributed by atoms with E-state index in [1.165, 1.54) is 37.3 Å². The first-order chi connectivity index (χ1) is 8.74. The molecule has 4 nitrogen and oxygen atoms in total. The molecule has 5 heteroatoms. The highest BCUT2D eigenvalue weighted by molar-refractivity contribution is 7.98. The summed E-state index contributed by atoms with van der Waals surface area (Å²) in [6, 6.07) is 3.06. The van der Waals surface area contributed by atoms with E-state index in [4.69, 9.17) is 5.11 Å². The molecule has 0 aliphatic carbocycles. The number of anilines is 1. The third-order valence-corrected chi connectivity index (χ3v) is 3.29. The lowest BCUT2D eigenvalue weighted by atomic mass is 10.2. The molecule has 0 aliphatic rings. The van der Waals surface area contributed by atoms with Gasteiger partial charge in [-0.3, -0.25) is 0 Å². The van der Waals surface area contributed by atoms with Crippen molar-refractivity contribution < 1.29 is 9.90 Å². The molecule has 0 unspecified atom stereocenters. The molecule has 1 aromatic rings. The van der Waals surface area contributed by atoms with Crippen molar-refractivity contribution in [3.05, 3.63) is 23.9 Å². The van der Waals surface area contributed by atoms with Gasteiger partial charge in [0.1, 0.15) is 5.82 Å². The molecule has 0 bridgehead atoms. The fraction of sp³-hybridized carbons (Fsp3) is 0.538. The number of aromatic carboxylic acids is 1. The fourth-order valence-corrected chi connectivity index (χ4v) is 2.09. The molecule has 2 N–H and O–H groups in total. The van der Waals surface area contributed by atoms with E-state index in [-0.39, 0.29) is 5.56 Å². The summed E-state index contributed by atoms with van der Waals surface area (Å²) < 4.78 is 0. The average Bonchev–Trinajstić information content (AvgIpc) is 2.38. The minimum Gasteiger partial charge on any atom is -0.478 e. The Labute approximate surface area is 112 Å². The largest absolute Gasteiger partial charge is 0.478 e. The second-order valence-corrected chi connectivity index (χ2v) is 5.05. The number of unbranched alkanes of at least 4 members (excludes halogenated alkanes) is 3. The number of thioether (sulfide) groups is 1. The molecule has 1 aromatic heterocycles. The number of carboxylic acid groups (broad SMARTS) is 1. The van der Waals surface area contributed by atoms with Crippen molar-refractivity contribution in [2.75, 3.05) is 23.9 Å². The van der Waals surface area contributed by atoms with Crippen molar-refractivity contribution in [1.82, 2.24) is 4.98 Å². The number of nitrogens with one attached hydrogen (secondary N) is 1. The van der Waals surface area contributed by atoms with Gasteiger partial charge in [-0.05, 0) is 37.0 Å². The molecule has 1 heterocycles. The molecule has 1 rings (SSSR count). The molecular weight excluding hydrogens is 248 g/mol. The van der Waals surface area contributed by atoms with Crippen LogP contribution in [0.2, 0.25) is 0 Å². The van der Waals surface area contributed by atoms with Crippen molar-refractivity contribution in [3.63, 3.8) is 0 Å². The maximum Gasteiger partial charge on any atom is 0.335 e. The summed E-state index contributed by atoms with van der Waals surface area (Å²) in [4.78, 5) is 14.9. The van der Waals surface area contributed by atoms with Crippen LogP contribution in [0.25, 0.3) is 0 Å². The molecule has 0 fully saturated rings. The summed E-state index contributed by atoms with van der Waals surface area (Å²) >= 11 is 1.89. The number of carboxylic acids is 1. The van der Waals surface area contributed by atoms with E-state index in [1.54, 1.807) is 6.07 Å². The summed E-state index contributed by atoms with van der Waals surface area (Å²) in [5.74, 6) is 0.951. The summed E-state index contributed by atoms with van der Waals surface area (Å²) in [7, 11) is 0. The van der Waals surface area contributed by atoms with Crippen LogP contribution < -0.4 is 5.32 Å². The van der Waals surface area contributed by atoms with Crippen LogP contribution in [0, 0.1) is 0 Å². The lowest BCUT2D eigenvalue weighted by molar-refractivity contribution is 0.0697. The van der Waals surface area contributed by atoms with Crippen LogP contribution in [0.15, 0.2) is 18.3 Å². The first kappa shape index (κ1) is 14.8. The van der Waals surface area contributed by atoms with E-state index in [2.05, 4.69) is 16.6 Å². The third kappa shape index (κ3) is 5.91. The van der Waals surface area contributed by atoms with Crippen molar-refractivity contribution in [1.29, 1.82) is 0 Å². The SMILES string of the molecule is CSCCCCCCNc1cc(C(=O)O)ccn1. The zero-order valence-electron chi connectivity index (χ0n) is 10.7. The van der Waals surface area contributed by atoms with Crippen LogP contribution in [0.3, 0.4) is 0 Å². The predicted octanol–water partition coefficient (Wildman–Crippen LogP) is 3.12. The highest BCUT2D eigenvalue weighted by Gasteiger charge is 2.03. The first-order valence-electron chi connectivity index (χ1n) is 6.16. The van der Waals surface area contributed by atoms with Crippen LogP contribution in [-0.2, 0) is 0 Å². The molecule has 0 spiro atoms. The topological polar surface area (TPSA) is 62.2 Å². The standard InChI is InChI=1S/C13H20N2O2S/c1-18-9-5-3-2-4-7-14-12-10-11(13(16)17)6-8-15-12/h6,8,10H,2-5,7,9H2,1H3,(H,14,15)(H,16,17). The second kappa shape index (κ2) is 8.80. The van der Waals surface area contributed by atoms with E-state index in [0.717, 1.165) is 13.0 Å².